The van der Waals surface area contributed by atoms with Gasteiger partial charge in [0, 0.05) is 12.5 Å². The number of ether oxygens (including phenoxy) is 1. The molecule has 1 heterocycles. The van der Waals surface area contributed by atoms with Crippen molar-refractivity contribution in [1.82, 2.24) is 5.32 Å². The lowest BCUT2D eigenvalue weighted by atomic mass is 9.83. The normalized spacial score (nSPS) is 19.5. The van der Waals surface area contributed by atoms with Crippen molar-refractivity contribution >= 4 is 0 Å². The topological polar surface area (TPSA) is 21.3 Å². The van der Waals surface area contributed by atoms with E-state index in [1.54, 1.807) is 0 Å². The van der Waals surface area contributed by atoms with E-state index in [0.717, 1.165) is 25.1 Å². The molecule has 0 saturated heterocycles. The Kier molecular flexibility index (Phi) is 5.09. The zero-order valence-corrected chi connectivity index (χ0v) is 13.4. The van der Waals surface area contributed by atoms with Gasteiger partial charge in [0.25, 0.3) is 0 Å². The lowest BCUT2D eigenvalue weighted by Gasteiger charge is -2.32. The third-order valence-electron chi connectivity index (χ3n) is 4.18. The third-order valence-corrected chi connectivity index (χ3v) is 4.18. The van der Waals surface area contributed by atoms with Gasteiger partial charge in [0.15, 0.2) is 0 Å². The van der Waals surface area contributed by atoms with E-state index >= 15 is 0 Å². The summed E-state index contributed by atoms with van der Waals surface area (Å²) in [6.45, 7) is 10.3. The molecule has 1 aromatic rings. The molecule has 0 amide bonds. The third kappa shape index (κ3) is 3.99. The second-order valence-corrected chi connectivity index (χ2v) is 7.00. The fourth-order valence-corrected chi connectivity index (χ4v) is 2.93. The molecule has 0 fully saturated rings. The predicted octanol–water partition coefficient (Wildman–Crippen LogP) is 4.18. The minimum Gasteiger partial charge on any atom is -0.490 e. The van der Waals surface area contributed by atoms with Crippen molar-refractivity contribution < 1.29 is 4.74 Å². The van der Waals surface area contributed by atoms with Crippen LogP contribution in [-0.2, 0) is 6.42 Å². The van der Waals surface area contributed by atoms with E-state index in [1.807, 2.05) is 0 Å². The average Bonchev–Trinajstić information content (AvgIpc) is 2.79. The van der Waals surface area contributed by atoms with E-state index in [2.05, 4.69) is 57.3 Å². The van der Waals surface area contributed by atoms with E-state index in [9.17, 15) is 0 Å². The van der Waals surface area contributed by atoms with Crippen LogP contribution in [0.2, 0.25) is 0 Å². The van der Waals surface area contributed by atoms with Crippen LogP contribution in [0.25, 0.3) is 0 Å². The van der Waals surface area contributed by atoms with Gasteiger partial charge in [-0.25, -0.2) is 0 Å². The largest absolute Gasteiger partial charge is 0.490 e. The molecule has 112 valence electrons. The second kappa shape index (κ2) is 6.62. The van der Waals surface area contributed by atoms with Gasteiger partial charge in [0.1, 0.15) is 11.9 Å². The van der Waals surface area contributed by atoms with Crippen LogP contribution in [0, 0.1) is 5.41 Å². The summed E-state index contributed by atoms with van der Waals surface area (Å²) in [5, 5.41) is 3.70. The molecule has 20 heavy (non-hydrogen) atoms. The molecule has 2 atom stereocenters. The maximum atomic E-state index is 6.05. The number of hydrogen-bond donors (Lipinski definition) is 1. The van der Waals surface area contributed by atoms with Gasteiger partial charge in [-0.05, 0) is 42.9 Å². The summed E-state index contributed by atoms with van der Waals surface area (Å²) in [6.07, 6.45) is 4.94. The maximum Gasteiger partial charge on any atom is 0.123 e. The van der Waals surface area contributed by atoms with Crippen LogP contribution >= 0.6 is 0 Å². The first kappa shape index (κ1) is 15.4. The molecule has 1 N–H and O–H groups in total. The van der Waals surface area contributed by atoms with Gasteiger partial charge in [-0.15, -0.1) is 0 Å². The quantitative estimate of drug-likeness (QED) is 0.840. The monoisotopic (exact) mass is 275 g/mol. The summed E-state index contributed by atoms with van der Waals surface area (Å²) in [7, 11) is 0. The lowest BCUT2D eigenvalue weighted by molar-refractivity contribution is 0.184. The van der Waals surface area contributed by atoms with Crippen LogP contribution in [0.1, 0.15) is 52.5 Å². The number of para-hydroxylation sites is 1. The molecule has 2 unspecified atom stereocenters. The number of hydrogen-bond acceptors (Lipinski definition) is 2. The molecule has 2 nitrogen and oxygen atoms in total. The van der Waals surface area contributed by atoms with Crippen molar-refractivity contribution in [3.63, 3.8) is 0 Å². The van der Waals surface area contributed by atoms with Gasteiger partial charge >= 0.3 is 0 Å². The fourth-order valence-electron chi connectivity index (χ4n) is 2.93. The van der Waals surface area contributed by atoms with Gasteiger partial charge < -0.3 is 10.1 Å². The highest BCUT2D eigenvalue weighted by Gasteiger charge is 2.27. The van der Waals surface area contributed by atoms with Crippen LogP contribution in [0.4, 0.5) is 0 Å². The summed E-state index contributed by atoms with van der Waals surface area (Å²) in [5.41, 5.74) is 1.67. The minimum atomic E-state index is 0.306. The lowest BCUT2D eigenvalue weighted by Crippen LogP contribution is -2.41. The predicted molar refractivity (Wildman–Crippen MR) is 85.3 cm³/mol. The number of benzene rings is 1. The smallest absolute Gasteiger partial charge is 0.123 e. The van der Waals surface area contributed by atoms with Gasteiger partial charge in [-0.3, -0.25) is 0 Å². The molecule has 0 spiro atoms. The Labute approximate surface area is 123 Å². The minimum absolute atomic E-state index is 0.306. The Morgan fingerprint density at radius 2 is 2.05 bits per heavy atom. The molecule has 0 aliphatic carbocycles. The van der Waals surface area contributed by atoms with Crippen molar-refractivity contribution in [2.75, 3.05) is 6.54 Å². The van der Waals surface area contributed by atoms with Gasteiger partial charge in [-0.1, -0.05) is 45.9 Å². The standard InChI is InChI=1S/C18H29NO/c1-5-12-19-17(18(2,3)4)11-10-15-13-14-8-6-7-9-16(14)20-15/h6-9,15,17,19H,5,10-13H2,1-4H3. The summed E-state index contributed by atoms with van der Waals surface area (Å²) in [6, 6.07) is 9.00. The van der Waals surface area contributed by atoms with E-state index in [1.165, 1.54) is 18.4 Å². The first-order chi connectivity index (χ1) is 9.50. The Morgan fingerprint density at radius 1 is 1.30 bits per heavy atom. The van der Waals surface area contributed by atoms with Crippen LogP contribution in [0.5, 0.6) is 5.75 Å². The summed E-state index contributed by atoms with van der Waals surface area (Å²) < 4.78 is 6.05. The molecule has 2 rings (SSSR count). The summed E-state index contributed by atoms with van der Waals surface area (Å²) in [5.74, 6) is 1.09. The van der Waals surface area contributed by atoms with Gasteiger partial charge in [0.2, 0.25) is 0 Å². The Balaban J connectivity index is 1.85. The number of nitrogens with one attached hydrogen (secondary N) is 1. The zero-order chi connectivity index (χ0) is 14.6. The van der Waals surface area contributed by atoms with Crippen LogP contribution in [0.15, 0.2) is 24.3 Å². The van der Waals surface area contributed by atoms with Crippen LogP contribution < -0.4 is 10.1 Å². The highest BCUT2D eigenvalue weighted by atomic mass is 16.5. The molecule has 0 aromatic heterocycles. The molecular formula is C18H29NO. The molecule has 0 radical (unpaired) electrons. The van der Waals surface area contributed by atoms with Crippen molar-refractivity contribution in [3.05, 3.63) is 29.8 Å². The van der Waals surface area contributed by atoms with Crippen molar-refractivity contribution in [3.8, 4) is 5.75 Å². The maximum absolute atomic E-state index is 6.05. The first-order valence-electron chi connectivity index (χ1n) is 7.98. The van der Waals surface area contributed by atoms with E-state index in [4.69, 9.17) is 4.74 Å². The number of rotatable bonds is 6. The van der Waals surface area contributed by atoms with Gasteiger partial charge in [0.05, 0.1) is 0 Å². The Morgan fingerprint density at radius 3 is 2.70 bits per heavy atom. The van der Waals surface area contributed by atoms with Gasteiger partial charge in [-0.2, -0.15) is 0 Å². The van der Waals surface area contributed by atoms with Crippen molar-refractivity contribution in [2.45, 2.75) is 65.5 Å². The summed E-state index contributed by atoms with van der Waals surface area (Å²) >= 11 is 0. The van der Waals surface area contributed by atoms with Crippen molar-refractivity contribution in [1.29, 1.82) is 0 Å². The fraction of sp³-hybridized carbons (Fsp3) is 0.667. The molecular weight excluding hydrogens is 246 g/mol. The molecule has 2 heteroatoms. The average molecular weight is 275 g/mol. The molecule has 1 aromatic carbocycles. The van der Waals surface area contributed by atoms with E-state index in [0.29, 0.717) is 17.6 Å². The van der Waals surface area contributed by atoms with Crippen LogP contribution in [0.3, 0.4) is 0 Å². The van der Waals surface area contributed by atoms with Crippen molar-refractivity contribution in [2.24, 2.45) is 5.41 Å². The summed E-state index contributed by atoms with van der Waals surface area (Å²) in [4.78, 5) is 0. The Bertz CT molecular complexity index is 397. The van der Waals surface area contributed by atoms with Crippen LogP contribution in [-0.4, -0.2) is 18.7 Å². The number of fused-ring (bicyclic) bond motifs is 1. The Hall–Kier alpha value is -1.02. The molecule has 0 bridgehead atoms. The second-order valence-electron chi connectivity index (χ2n) is 7.00. The van der Waals surface area contributed by atoms with E-state index in [-0.39, 0.29) is 0 Å². The molecule has 1 aliphatic heterocycles. The highest BCUT2D eigenvalue weighted by molar-refractivity contribution is 5.37. The highest BCUT2D eigenvalue weighted by Crippen LogP contribution is 2.31. The SMILES string of the molecule is CCCNC(CCC1Cc2ccccc2O1)C(C)(C)C. The molecule has 1 aliphatic rings. The first-order valence-corrected chi connectivity index (χ1v) is 7.98. The molecule has 0 saturated carbocycles. The zero-order valence-electron chi connectivity index (χ0n) is 13.4. The van der Waals surface area contributed by atoms with E-state index < -0.39 is 0 Å².